The highest BCUT2D eigenvalue weighted by Crippen LogP contribution is 2.32. The number of thiazole rings is 1. The molecule has 1 aliphatic rings. The smallest absolute Gasteiger partial charge is 0.328 e. The maximum atomic E-state index is 13.0. The van der Waals surface area contributed by atoms with Crippen LogP contribution in [0.4, 0.5) is 5.69 Å². The van der Waals surface area contributed by atoms with Crippen molar-refractivity contribution >= 4 is 27.9 Å². The molecule has 0 unspecified atom stereocenters. The highest BCUT2D eigenvalue weighted by atomic mass is 32.1. The zero-order chi connectivity index (χ0) is 23.9. The molecule has 4 heterocycles. The number of imidazole rings is 1. The number of nitrogens with zero attached hydrogens (tertiary/aromatic N) is 3. The van der Waals surface area contributed by atoms with Crippen LogP contribution < -0.4 is 26.0 Å². The Morgan fingerprint density at radius 3 is 2.77 bits per heavy atom. The fraction of sp³-hybridized carbons (Fsp3) is 0.0833. The second-order valence-electron chi connectivity index (χ2n) is 7.84. The summed E-state index contributed by atoms with van der Waals surface area (Å²) in [7, 11) is 0. The Hall–Kier alpha value is -4.64. The number of benzene rings is 2. The standard InChI is InChI=1S/C24H17N5O5S/c30-21(26-16-4-2-15(3-5-16)18-12-28-7-8-35-24(28)27-18)17-10-25-23(32)29(22(17)31)11-14-1-6-19-20(9-14)34-13-33-19/h1-10,12H,11,13H2,(H,25,32)(H,26,30). The SMILES string of the molecule is O=C(Nc1ccc(-c2cn3ccsc3n2)cc1)c1c[nH]c(=O)n(Cc2ccc3c(c2)OCO3)c1=O. The summed E-state index contributed by atoms with van der Waals surface area (Å²) in [6, 6.07) is 12.3. The van der Waals surface area contributed by atoms with Gasteiger partial charge in [-0.2, -0.15) is 0 Å². The van der Waals surface area contributed by atoms with E-state index >= 15 is 0 Å². The molecule has 0 saturated heterocycles. The minimum Gasteiger partial charge on any atom is -0.454 e. The summed E-state index contributed by atoms with van der Waals surface area (Å²) in [6.07, 6.45) is 5.00. The molecule has 0 saturated carbocycles. The predicted molar refractivity (Wildman–Crippen MR) is 129 cm³/mol. The lowest BCUT2D eigenvalue weighted by atomic mass is 10.1. The molecular weight excluding hydrogens is 470 g/mol. The van der Waals surface area contributed by atoms with Crippen LogP contribution in [-0.4, -0.2) is 31.6 Å². The fourth-order valence-corrected chi connectivity index (χ4v) is 4.53. The summed E-state index contributed by atoms with van der Waals surface area (Å²) in [6.45, 7) is 0.0966. The molecule has 2 N–H and O–H groups in total. The summed E-state index contributed by atoms with van der Waals surface area (Å²) < 4.78 is 13.6. The molecule has 0 atom stereocenters. The molecule has 0 bridgehead atoms. The van der Waals surface area contributed by atoms with Crippen molar-refractivity contribution in [2.45, 2.75) is 6.54 Å². The Morgan fingerprint density at radius 1 is 1.11 bits per heavy atom. The van der Waals surface area contributed by atoms with E-state index in [1.165, 1.54) is 0 Å². The second kappa shape index (κ2) is 8.29. The van der Waals surface area contributed by atoms with Gasteiger partial charge in [0.15, 0.2) is 16.5 Å². The predicted octanol–water partition coefficient (Wildman–Crippen LogP) is 2.94. The van der Waals surface area contributed by atoms with E-state index in [-0.39, 0.29) is 18.9 Å². The molecule has 0 spiro atoms. The molecule has 2 aromatic carbocycles. The number of carbonyl (C=O) groups excluding carboxylic acids is 1. The first-order valence-electron chi connectivity index (χ1n) is 10.6. The average Bonchev–Trinajstić information content (AvgIpc) is 3.58. The first-order chi connectivity index (χ1) is 17.0. The molecule has 0 fully saturated rings. The van der Waals surface area contributed by atoms with Gasteiger partial charge in [0.25, 0.3) is 11.5 Å². The van der Waals surface area contributed by atoms with Crippen molar-refractivity contribution in [1.82, 2.24) is 18.9 Å². The van der Waals surface area contributed by atoms with E-state index in [2.05, 4.69) is 15.3 Å². The van der Waals surface area contributed by atoms with Crippen molar-refractivity contribution in [3.63, 3.8) is 0 Å². The van der Waals surface area contributed by atoms with Gasteiger partial charge in [0.05, 0.1) is 12.2 Å². The third-order valence-corrected chi connectivity index (χ3v) is 6.39. The maximum absolute atomic E-state index is 13.0. The van der Waals surface area contributed by atoms with Gasteiger partial charge in [-0.25, -0.2) is 9.78 Å². The Bertz CT molecular complexity index is 1670. The number of ether oxygens (including phenoxy) is 2. The third kappa shape index (κ3) is 3.87. The van der Waals surface area contributed by atoms with Gasteiger partial charge in [0.1, 0.15) is 5.56 Å². The molecule has 35 heavy (non-hydrogen) atoms. The van der Waals surface area contributed by atoms with E-state index in [1.807, 2.05) is 34.3 Å². The van der Waals surface area contributed by atoms with Gasteiger partial charge in [-0.05, 0) is 29.8 Å². The Balaban J connectivity index is 1.22. The van der Waals surface area contributed by atoms with Crippen LogP contribution in [0.25, 0.3) is 16.2 Å². The Kier molecular flexibility index (Phi) is 4.96. The molecule has 6 rings (SSSR count). The van der Waals surface area contributed by atoms with E-state index < -0.39 is 17.2 Å². The summed E-state index contributed by atoms with van der Waals surface area (Å²) in [5.74, 6) is 0.516. The van der Waals surface area contributed by atoms with Gasteiger partial charge in [-0.1, -0.05) is 18.2 Å². The molecule has 3 aromatic heterocycles. The fourth-order valence-electron chi connectivity index (χ4n) is 3.83. The molecule has 174 valence electrons. The number of fused-ring (bicyclic) bond motifs is 2. The largest absolute Gasteiger partial charge is 0.454 e. The summed E-state index contributed by atoms with van der Waals surface area (Å²) >= 11 is 1.55. The van der Waals surface area contributed by atoms with E-state index in [9.17, 15) is 14.4 Å². The number of aromatic nitrogens is 4. The van der Waals surface area contributed by atoms with Crippen molar-refractivity contribution in [3.8, 4) is 22.8 Å². The van der Waals surface area contributed by atoms with Gasteiger partial charge in [0.2, 0.25) is 6.79 Å². The molecule has 1 amide bonds. The van der Waals surface area contributed by atoms with Crippen LogP contribution in [0.1, 0.15) is 15.9 Å². The van der Waals surface area contributed by atoms with Crippen molar-refractivity contribution in [2.75, 3.05) is 12.1 Å². The molecule has 11 heteroatoms. The number of nitrogens with one attached hydrogen (secondary N) is 2. The van der Waals surface area contributed by atoms with Crippen LogP contribution >= 0.6 is 11.3 Å². The number of hydrogen-bond acceptors (Lipinski definition) is 7. The zero-order valence-electron chi connectivity index (χ0n) is 18.1. The highest BCUT2D eigenvalue weighted by molar-refractivity contribution is 7.15. The lowest BCUT2D eigenvalue weighted by molar-refractivity contribution is 0.102. The Labute approximate surface area is 201 Å². The number of amides is 1. The van der Waals surface area contributed by atoms with Gasteiger partial charge < -0.3 is 19.8 Å². The van der Waals surface area contributed by atoms with Crippen molar-refractivity contribution in [1.29, 1.82) is 0 Å². The van der Waals surface area contributed by atoms with Crippen LogP contribution in [0.5, 0.6) is 11.5 Å². The van der Waals surface area contributed by atoms with Gasteiger partial charge >= 0.3 is 5.69 Å². The van der Waals surface area contributed by atoms with E-state index in [0.717, 1.165) is 27.0 Å². The third-order valence-electron chi connectivity index (χ3n) is 5.61. The second-order valence-corrected chi connectivity index (χ2v) is 8.71. The molecule has 10 nitrogen and oxygen atoms in total. The van der Waals surface area contributed by atoms with Crippen molar-refractivity contribution in [3.05, 3.63) is 98.4 Å². The number of hydrogen-bond donors (Lipinski definition) is 2. The van der Waals surface area contributed by atoms with Crippen LogP contribution in [0.15, 0.2) is 76.0 Å². The zero-order valence-corrected chi connectivity index (χ0v) is 18.9. The lowest BCUT2D eigenvalue weighted by Gasteiger charge is -2.09. The van der Waals surface area contributed by atoms with Crippen LogP contribution in [-0.2, 0) is 6.54 Å². The Morgan fingerprint density at radius 2 is 1.94 bits per heavy atom. The number of carbonyl (C=O) groups is 1. The van der Waals surface area contributed by atoms with Crippen LogP contribution in [0.2, 0.25) is 0 Å². The van der Waals surface area contributed by atoms with E-state index in [4.69, 9.17) is 9.47 Å². The number of anilines is 1. The lowest BCUT2D eigenvalue weighted by Crippen LogP contribution is -2.39. The highest BCUT2D eigenvalue weighted by Gasteiger charge is 2.18. The maximum Gasteiger partial charge on any atom is 0.328 e. The first-order valence-corrected chi connectivity index (χ1v) is 11.5. The number of rotatable bonds is 5. The van der Waals surface area contributed by atoms with Gasteiger partial charge in [-0.3, -0.25) is 18.6 Å². The van der Waals surface area contributed by atoms with Crippen LogP contribution in [0, 0.1) is 0 Å². The summed E-state index contributed by atoms with van der Waals surface area (Å²) in [5.41, 5.74) is 1.40. The topological polar surface area (TPSA) is 120 Å². The van der Waals surface area contributed by atoms with E-state index in [1.54, 1.807) is 41.7 Å². The normalized spacial score (nSPS) is 12.2. The monoisotopic (exact) mass is 487 g/mol. The number of H-pyrrole nitrogens is 1. The van der Waals surface area contributed by atoms with E-state index in [0.29, 0.717) is 22.7 Å². The average molecular weight is 487 g/mol. The van der Waals surface area contributed by atoms with Crippen molar-refractivity contribution in [2.24, 2.45) is 0 Å². The van der Waals surface area contributed by atoms with Gasteiger partial charge in [-0.15, -0.1) is 11.3 Å². The summed E-state index contributed by atoms with van der Waals surface area (Å²) in [5, 5.41) is 4.67. The minimum absolute atomic E-state index is 0.0251. The number of aromatic amines is 1. The quantitative estimate of drug-likeness (QED) is 0.393. The molecule has 5 aromatic rings. The summed E-state index contributed by atoms with van der Waals surface area (Å²) in [4.78, 5) is 46.1. The molecular formula is C24H17N5O5S. The minimum atomic E-state index is -0.696. The molecule has 1 aliphatic heterocycles. The van der Waals surface area contributed by atoms with Crippen molar-refractivity contribution < 1.29 is 14.3 Å². The molecule has 0 aliphatic carbocycles. The van der Waals surface area contributed by atoms with Gasteiger partial charge in [0, 0.05) is 35.2 Å². The molecule has 0 radical (unpaired) electrons. The first kappa shape index (κ1) is 20.9. The van der Waals surface area contributed by atoms with Crippen LogP contribution in [0.3, 0.4) is 0 Å².